The molecule has 9 heteroatoms. The number of aromatic amines is 1. The van der Waals surface area contributed by atoms with Crippen molar-refractivity contribution in [2.45, 2.75) is 5.75 Å². The number of H-pyrrole nitrogens is 1. The minimum Gasteiger partial charge on any atom is -0.465 e. The Morgan fingerprint density at radius 2 is 2.05 bits per heavy atom. The van der Waals surface area contributed by atoms with Crippen molar-refractivity contribution in [2.24, 2.45) is 0 Å². The molecule has 2 aromatic rings. The average Bonchev–Trinajstić information content (AvgIpc) is 2.90. The molecule has 0 saturated carbocycles. The maximum Gasteiger partial charge on any atom is 0.337 e. The maximum atomic E-state index is 11.9. The van der Waals surface area contributed by atoms with Gasteiger partial charge in [-0.05, 0) is 17.7 Å². The lowest BCUT2D eigenvalue weighted by Crippen LogP contribution is -2.16. The molecule has 8 nitrogen and oxygen atoms in total. The molecule has 0 unspecified atom stereocenters. The summed E-state index contributed by atoms with van der Waals surface area (Å²) in [5, 5.41) is 5.94. The quantitative estimate of drug-likeness (QED) is 0.778. The van der Waals surface area contributed by atoms with E-state index in [1.807, 2.05) is 0 Å². The fourth-order valence-electron chi connectivity index (χ4n) is 1.51. The van der Waals surface area contributed by atoms with Crippen molar-refractivity contribution in [3.8, 4) is 0 Å². The first-order valence-electron chi connectivity index (χ1n) is 5.53. The van der Waals surface area contributed by atoms with Crippen LogP contribution in [0, 0.1) is 0 Å². The van der Waals surface area contributed by atoms with Gasteiger partial charge >= 0.3 is 5.97 Å². The summed E-state index contributed by atoms with van der Waals surface area (Å²) in [5.41, 5.74) is 0.890. The molecule has 2 rings (SSSR count). The third kappa shape index (κ3) is 3.54. The minimum absolute atomic E-state index is 0.0520. The summed E-state index contributed by atoms with van der Waals surface area (Å²) < 4.78 is 30.5. The first-order chi connectivity index (χ1) is 9.50. The van der Waals surface area contributed by atoms with E-state index in [0.29, 0.717) is 11.1 Å². The summed E-state index contributed by atoms with van der Waals surface area (Å²) in [6.07, 6.45) is 1.20. The number of methoxy groups -OCH3 is 1. The summed E-state index contributed by atoms with van der Waals surface area (Å²) in [5.74, 6) is -0.662. The predicted molar refractivity (Wildman–Crippen MR) is 70.4 cm³/mol. The van der Waals surface area contributed by atoms with Gasteiger partial charge in [-0.25, -0.2) is 18.3 Å². The maximum absolute atomic E-state index is 11.9. The number of carbonyl (C=O) groups excluding carboxylic acids is 1. The van der Waals surface area contributed by atoms with Crippen LogP contribution in [-0.4, -0.2) is 36.7 Å². The molecule has 0 aliphatic rings. The molecular formula is C11H12N4O4S. The Hall–Kier alpha value is -2.42. The van der Waals surface area contributed by atoms with E-state index in [1.54, 1.807) is 12.1 Å². The van der Waals surface area contributed by atoms with Gasteiger partial charge in [-0.2, -0.15) is 10.1 Å². The van der Waals surface area contributed by atoms with Gasteiger partial charge in [-0.15, -0.1) is 0 Å². The fourth-order valence-corrected chi connectivity index (χ4v) is 2.61. The van der Waals surface area contributed by atoms with Crippen molar-refractivity contribution >= 4 is 21.9 Å². The van der Waals surface area contributed by atoms with Crippen LogP contribution in [0.15, 0.2) is 30.6 Å². The Labute approximate surface area is 115 Å². The van der Waals surface area contributed by atoms with Gasteiger partial charge in [-0.3, -0.25) is 4.72 Å². The lowest BCUT2D eigenvalue weighted by molar-refractivity contribution is 0.0600. The molecule has 0 atom stereocenters. The minimum atomic E-state index is -3.60. The van der Waals surface area contributed by atoms with Crippen LogP contribution in [0.4, 0.5) is 5.95 Å². The molecule has 0 bridgehead atoms. The first kappa shape index (κ1) is 14.0. The number of ether oxygens (including phenoxy) is 1. The molecule has 1 heterocycles. The van der Waals surface area contributed by atoms with Crippen LogP contribution >= 0.6 is 0 Å². The van der Waals surface area contributed by atoms with Crippen LogP contribution in [0.1, 0.15) is 15.9 Å². The molecule has 0 fully saturated rings. The second-order valence-electron chi connectivity index (χ2n) is 3.88. The third-order valence-corrected chi connectivity index (χ3v) is 3.62. The number of aromatic nitrogens is 3. The van der Waals surface area contributed by atoms with Crippen molar-refractivity contribution < 1.29 is 17.9 Å². The van der Waals surface area contributed by atoms with Gasteiger partial charge in [0.1, 0.15) is 6.33 Å². The summed E-state index contributed by atoms with van der Waals surface area (Å²) in [7, 11) is -2.32. The molecule has 0 aliphatic heterocycles. The van der Waals surface area contributed by atoms with E-state index >= 15 is 0 Å². The van der Waals surface area contributed by atoms with Gasteiger partial charge in [0.05, 0.1) is 18.4 Å². The molecule has 1 aromatic carbocycles. The fraction of sp³-hybridized carbons (Fsp3) is 0.182. The summed E-state index contributed by atoms with van der Waals surface area (Å²) in [6, 6.07) is 6.11. The number of anilines is 1. The van der Waals surface area contributed by atoms with Gasteiger partial charge in [0.15, 0.2) is 0 Å². The van der Waals surface area contributed by atoms with Crippen molar-refractivity contribution in [3.63, 3.8) is 0 Å². The van der Waals surface area contributed by atoms with Crippen molar-refractivity contribution in [3.05, 3.63) is 41.7 Å². The van der Waals surface area contributed by atoms with E-state index in [4.69, 9.17) is 0 Å². The number of hydrogen-bond acceptors (Lipinski definition) is 6. The van der Waals surface area contributed by atoms with Crippen molar-refractivity contribution in [2.75, 3.05) is 11.8 Å². The molecule has 0 saturated heterocycles. The van der Waals surface area contributed by atoms with Crippen LogP contribution in [0.5, 0.6) is 0 Å². The second-order valence-corrected chi connectivity index (χ2v) is 5.61. The van der Waals surface area contributed by atoms with Gasteiger partial charge in [-0.1, -0.05) is 12.1 Å². The van der Waals surface area contributed by atoms with E-state index in [1.165, 1.54) is 25.6 Å². The van der Waals surface area contributed by atoms with E-state index in [-0.39, 0.29) is 11.7 Å². The van der Waals surface area contributed by atoms with Crippen molar-refractivity contribution in [1.29, 1.82) is 0 Å². The van der Waals surface area contributed by atoms with Gasteiger partial charge < -0.3 is 4.74 Å². The highest BCUT2D eigenvalue weighted by Crippen LogP contribution is 2.10. The first-order valence-corrected chi connectivity index (χ1v) is 7.18. The van der Waals surface area contributed by atoms with Gasteiger partial charge in [0, 0.05) is 0 Å². The Kier molecular flexibility index (Phi) is 3.99. The molecule has 0 radical (unpaired) electrons. The summed E-state index contributed by atoms with van der Waals surface area (Å²) in [4.78, 5) is 14.9. The normalized spacial score (nSPS) is 11.1. The number of sulfonamides is 1. The van der Waals surface area contributed by atoms with Crippen LogP contribution in [0.25, 0.3) is 0 Å². The van der Waals surface area contributed by atoms with Gasteiger partial charge in [0.25, 0.3) is 0 Å². The van der Waals surface area contributed by atoms with Gasteiger partial charge in [0.2, 0.25) is 16.0 Å². The molecular weight excluding hydrogens is 284 g/mol. The zero-order chi connectivity index (χ0) is 14.6. The number of carbonyl (C=O) groups is 1. The van der Waals surface area contributed by atoms with E-state index in [2.05, 4.69) is 24.6 Å². The standard InChI is InChI=1S/C11H12N4O4S/c1-19-10(16)9-4-2-8(3-5-9)6-20(17,18)15-11-12-7-13-14-11/h2-5,7H,6H2,1H3,(H2,12,13,14,15). The third-order valence-electron chi connectivity index (χ3n) is 2.40. The van der Waals surface area contributed by atoms with Crippen LogP contribution < -0.4 is 4.72 Å². The number of hydrogen-bond donors (Lipinski definition) is 2. The lowest BCUT2D eigenvalue weighted by Gasteiger charge is -2.05. The molecule has 2 N–H and O–H groups in total. The summed E-state index contributed by atoms with van der Waals surface area (Å²) >= 11 is 0. The average molecular weight is 296 g/mol. The Balaban J connectivity index is 2.07. The summed E-state index contributed by atoms with van der Waals surface area (Å²) in [6.45, 7) is 0. The SMILES string of the molecule is COC(=O)c1ccc(CS(=O)(=O)Nc2ncn[nH]2)cc1. The number of nitrogens with zero attached hydrogens (tertiary/aromatic N) is 2. The molecule has 0 aliphatic carbocycles. The van der Waals surface area contributed by atoms with E-state index in [0.717, 1.165) is 0 Å². The zero-order valence-corrected chi connectivity index (χ0v) is 11.3. The Morgan fingerprint density at radius 3 is 2.60 bits per heavy atom. The second kappa shape index (κ2) is 5.70. The Bertz CT molecular complexity index is 680. The molecule has 1 aromatic heterocycles. The molecule has 106 valence electrons. The molecule has 20 heavy (non-hydrogen) atoms. The highest BCUT2D eigenvalue weighted by molar-refractivity contribution is 7.91. The highest BCUT2D eigenvalue weighted by Gasteiger charge is 2.14. The number of esters is 1. The smallest absolute Gasteiger partial charge is 0.337 e. The Morgan fingerprint density at radius 1 is 1.35 bits per heavy atom. The van der Waals surface area contributed by atoms with E-state index in [9.17, 15) is 13.2 Å². The van der Waals surface area contributed by atoms with E-state index < -0.39 is 16.0 Å². The van der Waals surface area contributed by atoms with Crippen LogP contribution in [0.3, 0.4) is 0 Å². The molecule has 0 amide bonds. The zero-order valence-electron chi connectivity index (χ0n) is 10.5. The van der Waals surface area contributed by atoms with Crippen molar-refractivity contribution in [1.82, 2.24) is 15.2 Å². The lowest BCUT2D eigenvalue weighted by atomic mass is 10.1. The number of nitrogens with one attached hydrogen (secondary N) is 2. The highest BCUT2D eigenvalue weighted by atomic mass is 32.2. The molecule has 0 spiro atoms. The predicted octanol–water partition coefficient (Wildman–Crippen LogP) is 0.533. The largest absolute Gasteiger partial charge is 0.465 e. The van der Waals surface area contributed by atoms with Crippen LogP contribution in [0.2, 0.25) is 0 Å². The van der Waals surface area contributed by atoms with Crippen LogP contribution in [-0.2, 0) is 20.5 Å². The topological polar surface area (TPSA) is 114 Å². The monoisotopic (exact) mass is 296 g/mol. The number of benzene rings is 1. The number of rotatable bonds is 5.